The fourth-order valence-corrected chi connectivity index (χ4v) is 1.53. The van der Waals surface area contributed by atoms with Crippen molar-refractivity contribution in [2.45, 2.75) is 52.5 Å². The molecule has 0 spiro atoms. The van der Waals surface area contributed by atoms with E-state index >= 15 is 0 Å². The summed E-state index contributed by atoms with van der Waals surface area (Å²) in [6.45, 7) is 9.87. The summed E-state index contributed by atoms with van der Waals surface area (Å²) in [6.07, 6.45) is -0.505. The highest BCUT2D eigenvalue weighted by molar-refractivity contribution is 5.65. The summed E-state index contributed by atoms with van der Waals surface area (Å²) < 4.78 is 5.09. The Hall–Kier alpha value is -1.59. The van der Waals surface area contributed by atoms with Crippen LogP contribution in [-0.2, 0) is 6.42 Å². The molecule has 1 rings (SSSR count). The quantitative estimate of drug-likeness (QED) is 0.894. The molecule has 1 N–H and O–H groups in total. The van der Waals surface area contributed by atoms with Crippen LogP contribution in [0.2, 0.25) is 0 Å². The van der Waals surface area contributed by atoms with Gasteiger partial charge in [0.2, 0.25) is 5.89 Å². The van der Waals surface area contributed by atoms with E-state index in [0.717, 1.165) is 0 Å². The van der Waals surface area contributed by atoms with Gasteiger partial charge in [-0.25, -0.2) is 4.79 Å². The molecule has 0 aromatic carbocycles. The minimum atomic E-state index is -0.939. The zero-order chi connectivity index (χ0) is 13.9. The predicted octanol–water partition coefficient (Wildman–Crippen LogP) is 2.51. The average molecular weight is 255 g/mol. The number of aromatic nitrogens is 2. The van der Waals surface area contributed by atoms with E-state index in [1.165, 1.54) is 4.90 Å². The topological polar surface area (TPSA) is 79.5 Å². The second-order valence-electron chi connectivity index (χ2n) is 5.56. The first-order valence-corrected chi connectivity index (χ1v) is 6.05. The molecule has 0 atom stereocenters. The van der Waals surface area contributed by atoms with Crippen molar-refractivity contribution in [3.8, 4) is 0 Å². The van der Waals surface area contributed by atoms with Crippen LogP contribution < -0.4 is 0 Å². The molecule has 0 fully saturated rings. The molecule has 1 aromatic heterocycles. The van der Waals surface area contributed by atoms with Gasteiger partial charge in [0.25, 0.3) is 0 Å². The smallest absolute Gasteiger partial charge is 0.407 e. The van der Waals surface area contributed by atoms with Gasteiger partial charge in [-0.05, 0) is 20.8 Å². The number of nitrogens with zero attached hydrogens (tertiary/aromatic N) is 3. The van der Waals surface area contributed by atoms with Gasteiger partial charge in [-0.15, -0.1) is 0 Å². The molecule has 0 saturated heterocycles. The molecule has 0 aliphatic heterocycles. The van der Waals surface area contributed by atoms with Gasteiger partial charge in [0, 0.05) is 24.4 Å². The SMILES string of the molecule is CC(C)c1noc(CCN(C(=O)O)C(C)(C)C)n1. The summed E-state index contributed by atoms with van der Waals surface area (Å²) in [4.78, 5) is 16.7. The largest absolute Gasteiger partial charge is 0.465 e. The first-order chi connectivity index (χ1) is 8.21. The lowest BCUT2D eigenvalue weighted by Crippen LogP contribution is -2.45. The van der Waals surface area contributed by atoms with Gasteiger partial charge in [0.05, 0.1) is 0 Å². The number of hydrogen-bond donors (Lipinski definition) is 1. The number of carbonyl (C=O) groups is 1. The van der Waals surface area contributed by atoms with E-state index in [9.17, 15) is 4.79 Å². The summed E-state index contributed by atoms with van der Waals surface area (Å²) in [7, 11) is 0. The Kier molecular flexibility index (Phi) is 4.32. The third kappa shape index (κ3) is 3.72. The summed E-state index contributed by atoms with van der Waals surface area (Å²) in [6, 6.07) is 0. The molecule has 0 radical (unpaired) electrons. The Morgan fingerprint density at radius 3 is 2.44 bits per heavy atom. The van der Waals surface area contributed by atoms with Crippen LogP contribution in [0.5, 0.6) is 0 Å². The van der Waals surface area contributed by atoms with E-state index in [0.29, 0.717) is 24.7 Å². The Labute approximate surface area is 107 Å². The van der Waals surface area contributed by atoms with E-state index in [2.05, 4.69) is 10.1 Å². The molecule has 6 nitrogen and oxygen atoms in total. The van der Waals surface area contributed by atoms with Crippen LogP contribution in [-0.4, -0.2) is 38.3 Å². The molecule has 0 saturated carbocycles. The standard InChI is InChI=1S/C12H21N3O3/c1-8(2)10-13-9(18-14-10)6-7-15(11(16)17)12(3,4)5/h8H,6-7H2,1-5H3,(H,16,17). The van der Waals surface area contributed by atoms with Gasteiger partial charge in [-0.1, -0.05) is 19.0 Å². The third-order valence-electron chi connectivity index (χ3n) is 2.59. The molecule has 6 heteroatoms. The van der Waals surface area contributed by atoms with Crippen LogP contribution in [0.3, 0.4) is 0 Å². The van der Waals surface area contributed by atoms with Crippen molar-refractivity contribution < 1.29 is 14.4 Å². The van der Waals surface area contributed by atoms with E-state index in [4.69, 9.17) is 9.63 Å². The van der Waals surface area contributed by atoms with Crippen LogP contribution in [0.15, 0.2) is 4.52 Å². The van der Waals surface area contributed by atoms with Crippen molar-refractivity contribution in [2.24, 2.45) is 0 Å². The van der Waals surface area contributed by atoms with Gasteiger partial charge in [0.1, 0.15) is 0 Å². The lowest BCUT2D eigenvalue weighted by atomic mass is 10.1. The lowest BCUT2D eigenvalue weighted by Gasteiger charge is -2.32. The van der Waals surface area contributed by atoms with Crippen LogP contribution in [0, 0.1) is 0 Å². The summed E-state index contributed by atoms with van der Waals surface area (Å²) >= 11 is 0. The van der Waals surface area contributed by atoms with Crippen molar-refractivity contribution in [2.75, 3.05) is 6.54 Å². The molecule has 18 heavy (non-hydrogen) atoms. The van der Waals surface area contributed by atoms with Crippen molar-refractivity contribution >= 4 is 6.09 Å². The monoisotopic (exact) mass is 255 g/mol. The van der Waals surface area contributed by atoms with Crippen molar-refractivity contribution in [1.29, 1.82) is 0 Å². The van der Waals surface area contributed by atoms with Crippen LogP contribution >= 0.6 is 0 Å². The second-order valence-corrected chi connectivity index (χ2v) is 5.56. The molecule has 102 valence electrons. The van der Waals surface area contributed by atoms with Gasteiger partial charge < -0.3 is 14.5 Å². The zero-order valence-electron chi connectivity index (χ0n) is 11.6. The van der Waals surface area contributed by atoms with Crippen LogP contribution in [0.25, 0.3) is 0 Å². The highest BCUT2D eigenvalue weighted by atomic mass is 16.5. The zero-order valence-corrected chi connectivity index (χ0v) is 11.6. The Morgan fingerprint density at radius 2 is 2.06 bits per heavy atom. The number of hydrogen-bond acceptors (Lipinski definition) is 4. The van der Waals surface area contributed by atoms with Crippen molar-refractivity contribution in [3.05, 3.63) is 11.7 Å². The van der Waals surface area contributed by atoms with Crippen molar-refractivity contribution in [3.63, 3.8) is 0 Å². The lowest BCUT2D eigenvalue weighted by molar-refractivity contribution is 0.0996. The summed E-state index contributed by atoms with van der Waals surface area (Å²) in [5, 5.41) is 13.0. The Balaban J connectivity index is 2.65. The molecular weight excluding hydrogens is 234 g/mol. The molecule has 1 heterocycles. The molecule has 1 aromatic rings. The maximum Gasteiger partial charge on any atom is 0.407 e. The predicted molar refractivity (Wildman–Crippen MR) is 66.6 cm³/mol. The third-order valence-corrected chi connectivity index (χ3v) is 2.59. The Morgan fingerprint density at radius 1 is 1.44 bits per heavy atom. The average Bonchev–Trinajstić information content (AvgIpc) is 2.63. The Bertz CT molecular complexity index is 407. The fraction of sp³-hybridized carbons (Fsp3) is 0.750. The maximum absolute atomic E-state index is 11.1. The van der Waals surface area contributed by atoms with Gasteiger partial charge >= 0.3 is 6.09 Å². The minimum absolute atomic E-state index is 0.209. The van der Waals surface area contributed by atoms with E-state index in [1.807, 2.05) is 34.6 Å². The molecule has 0 unspecified atom stereocenters. The van der Waals surface area contributed by atoms with E-state index in [-0.39, 0.29) is 5.92 Å². The van der Waals surface area contributed by atoms with Gasteiger partial charge in [0.15, 0.2) is 5.82 Å². The first kappa shape index (κ1) is 14.5. The highest BCUT2D eigenvalue weighted by Gasteiger charge is 2.26. The maximum atomic E-state index is 11.1. The van der Waals surface area contributed by atoms with E-state index < -0.39 is 11.6 Å². The van der Waals surface area contributed by atoms with Gasteiger partial charge in [-0.3, -0.25) is 0 Å². The second kappa shape index (κ2) is 5.37. The number of amides is 1. The molecule has 0 bridgehead atoms. The number of carboxylic acid groups (broad SMARTS) is 1. The molecule has 1 amide bonds. The highest BCUT2D eigenvalue weighted by Crippen LogP contribution is 2.15. The minimum Gasteiger partial charge on any atom is -0.465 e. The molecule has 0 aliphatic carbocycles. The number of rotatable bonds is 4. The van der Waals surface area contributed by atoms with Crippen LogP contribution in [0.1, 0.15) is 52.3 Å². The summed E-state index contributed by atoms with van der Waals surface area (Å²) in [5.41, 5.74) is -0.438. The summed E-state index contributed by atoms with van der Waals surface area (Å²) in [5.74, 6) is 1.34. The normalized spacial score (nSPS) is 11.9. The van der Waals surface area contributed by atoms with E-state index in [1.54, 1.807) is 0 Å². The first-order valence-electron chi connectivity index (χ1n) is 6.05. The van der Waals surface area contributed by atoms with Gasteiger partial charge in [-0.2, -0.15) is 4.98 Å². The molecule has 0 aliphatic rings. The fourth-order valence-electron chi connectivity index (χ4n) is 1.53. The molecular formula is C12H21N3O3. The van der Waals surface area contributed by atoms with Crippen LogP contribution in [0.4, 0.5) is 4.79 Å². The van der Waals surface area contributed by atoms with Crippen molar-refractivity contribution in [1.82, 2.24) is 15.0 Å².